The monoisotopic (exact) mass is 403 g/mol. The quantitative estimate of drug-likeness (QED) is 0.654. The van der Waals surface area contributed by atoms with Crippen LogP contribution in [0, 0.1) is 0 Å². The molecule has 0 spiro atoms. The highest BCUT2D eigenvalue weighted by atomic mass is 79.9. The molecule has 1 amide bonds. The fourth-order valence-electron chi connectivity index (χ4n) is 2.80. The lowest BCUT2D eigenvalue weighted by Gasteiger charge is -2.44. The molecule has 1 aliphatic rings. The predicted molar refractivity (Wildman–Crippen MR) is 96.2 cm³/mol. The van der Waals surface area contributed by atoms with Crippen LogP contribution in [0.2, 0.25) is 5.02 Å². The number of piperazine rings is 1. The molecule has 0 radical (unpaired) electrons. The number of carbonyl (C=O) groups excluding carboxylic acids is 1. The number of hydrogen-bond donors (Lipinski definition) is 0. The molecule has 1 aromatic rings. The van der Waals surface area contributed by atoms with Gasteiger partial charge in [0.1, 0.15) is 16.0 Å². The van der Waals surface area contributed by atoms with E-state index in [1.165, 1.54) is 0 Å². The first kappa shape index (κ1) is 18.3. The van der Waals surface area contributed by atoms with E-state index in [9.17, 15) is 4.79 Å². The van der Waals surface area contributed by atoms with Gasteiger partial charge in [-0.05, 0) is 62.7 Å². The third-order valence-corrected chi connectivity index (χ3v) is 4.22. The van der Waals surface area contributed by atoms with Crippen LogP contribution in [-0.4, -0.2) is 46.8 Å². The summed E-state index contributed by atoms with van der Waals surface area (Å²) in [5, 5.41) is 0.636. The second kappa shape index (κ2) is 6.85. The van der Waals surface area contributed by atoms with E-state index in [0.29, 0.717) is 22.7 Å². The molecular formula is C16H23BrClN3O2. The molecule has 1 aliphatic heterocycles. The van der Waals surface area contributed by atoms with Crippen molar-refractivity contribution in [3.63, 3.8) is 0 Å². The number of rotatable bonds is 1. The van der Waals surface area contributed by atoms with Gasteiger partial charge in [-0.25, -0.2) is 9.78 Å². The first-order valence-corrected chi connectivity index (χ1v) is 8.83. The molecule has 2 heterocycles. The minimum atomic E-state index is -0.493. The Morgan fingerprint density at radius 2 is 1.87 bits per heavy atom. The number of nitrogens with zero attached hydrogens (tertiary/aromatic N) is 3. The summed E-state index contributed by atoms with van der Waals surface area (Å²) in [7, 11) is 0. The van der Waals surface area contributed by atoms with Gasteiger partial charge in [-0.1, -0.05) is 11.6 Å². The number of aromatic nitrogens is 1. The van der Waals surface area contributed by atoms with Crippen molar-refractivity contribution in [2.24, 2.45) is 0 Å². The van der Waals surface area contributed by atoms with Gasteiger partial charge in [-0.2, -0.15) is 0 Å². The summed E-state index contributed by atoms with van der Waals surface area (Å²) in [6.07, 6.45) is -0.266. The average Bonchev–Trinajstić information content (AvgIpc) is 2.34. The van der Waals surface area contributed by atoms with Crippen LogP contribution >= 0.6 is 27.5 Å². The Morgan fingerprint density at radius 1 is 1.30 bits per heavy atom. The first-order valence-electron chi connectivity index (χ1n) is 7.66. The molecule has 1 aromatic heterocycles. The maximum Gasteiger partial charge on any atom is 0.410 e. The maximum absolute atomic E-state index is 12.4. The van der Waals surface area contributed by atoms with Crippen LogP contribution in [0.4, 0.5) is 10.6 Å². The highest BCUT2D eigenvalue weighted by molar-refractivity contribution is 9.10. The van der Waals surface area contributed by atoms with Gasteiger partial charge in [0.25, 0.3) is 0 Å². The number of ether oxygens (including phenoxy) is 1. The Balaban J connectivity index is 2.14. The molecule has 5 nitrogen and oxygen atoms in total. The highest BCUT2D eigenvalue weighted by Crippen LogP contribution is 2.26. The minimum absolute atomic E-state index is 0.0214. The van der Waals surface area contributed by atoms with Crippen molar-refractivity contribution in [2.45, 2.75) is 52.3 Å². The zero-order chi connectivity index (χ0) is 17.4. The third kappa shape index (κ3) is 4.73. The van der Waals surface area contributed by atoms with E-state index in [0.717, 1.165) is 5.82 Å². The molecule has 7 heteroatoms. The lowest BCUT2D eigenvalue weighted by molar-refractivity contribution is 0.00560. The SMILES string of the molecule is C[C@@H]1CN(c2cc(Cl)cc(Br)n2)C[C@H](C)N1C(=O)OC(C)(C)C. The van der Waals surface area contributed by atoms with Crippen molar-refractivity contribution in [1.82, 2.24) is 9.88 Å². The molecule has 1 saturated heterocycles. The second-order valence-electron chi connectivity index (χ2n) is 6.96. The maximum atomic E-state index is 12.4. The molecule has 0 unspecified atom stereocenters. The smallest absolute Gasteiger partial charge is 0.410 e. The summed E-state index contributed by atoms with van der Waals surface area (Å²) >= 11 is 9.48. The van der Waals surface area contributed by atoms with Crippen LogP contribution in [0.25, 0.3) is 0 Å². The summed E-state index contributed by atoms with van der Waals surface area (Å²) in [5.74, 6) is 0.812. The number of halogens is 2. The van der Waals surface area contributed by atoms with Crippen molar-refractivity contribution < 1.29 is 9.53 Å². The van der Waals surface area contributed by atoms with Crippen LogP contribution in [0.5, 0.6) is 0 Å². The van der Waals surface area contributed by atoms with E-state index in [4.69, 9.17) is 16.3 Å². The van der Waals surface area contributed by atoms with Gasteiger partial charge < -0.3 is 9.64 Å². The first-order chi connectivity index (χ1) is 10.6. The van der Waals surface area contributed by atoms with E-state index < -0.39 is 5.60 Å². The normalized spacial score (nSPS) is 22.2. The molecule has 0 saturated carbocycles. The molecule has 0 N–H and O–H groups in total. The number of carbonyl (C=O) groups is 1. The number of hydrogen-bond acceptors (Lipinski definition) is 4. The molecule has 1 fully saturated rings. The third-order valence-electron chi connectivity index (χ3n) is 3.59. The zero-order valence-electron chi connectivity index (χ0n) is 14.1. The van der Waals surface area contributed by atoms with Crippen LogP contribution in [0.15, 0.2) is 16.7 Å². The molecular weight excluding hydrogens is 382 g/mol. The molecule has 2 rings (SSSR count). The van der Waals surface area contributed by atoms with Gasteiger partial charge in [0.2, 0.25) is 0 Å². The van der Waals surface area contributed by atoms with Crippen molar-refractivity contribution in [3.05, 3.63) is 21.8 Å². The van der Waals surface area contributed by atoms with Crippen molar-refractivity contribution in [3.8, 4) is 0 Å². The van der Waals surface area contributed by atoms with Crippen LogP contribution < -0.4 is 4.90 Å². The summed E-state index contributed by atoms with van der Waals surface area (Å²) in [5.41, 5.74) is -0.493. The van der Waals surface area contributed by atoms with Gasteiger partial charge >= 0.3 is 6.09 Å². The van der Waals surface area contributed by atoms with Crippen molar-refractivity contribution in [2.75, 3.05) is 18.0 Å². The Morgan fingerprint density at radius 3 is 2.35 bits per heavy atom. The average molecular weight is 405 g/mol. The minimum Gasteiger partial charge on any atom is -0.444 e. The lowest BCUT2D eigenvalue weighted by Crippen LogP contribution is -2.59. The van der Waals surface area contributed by atoms with Crippen molar-refractivity contribution in [1.29, 1.82) is 0 Å². The molecule has 2 atom stereocenters. The molecule has 0 bridgehead atoms. The van der Waals surface area contributed by atoms with Crippen LogP contribution in [0.1, 0.15) is 34.6 Å². The number of pyridine rings is 1. The number of anilines is 1. The van der Waals surface area contributed by atoms with E-state index >= 15 is 0 Å². The summed E-state index contributed by atoms with van der Waals surface area (Å²) < 4.78 is 6.23. The largest absolute Gasteiger partial charge is 0.444 e. The summed E-state index contributed by atoms with van der Waals surface area (Å²) in [4.78, 5) is 20.9. The Hall–Kier alpha value is -1.01. The van der Waals surface area contributed by atoms with Gasteiger partial charge in [-0.3, -0.25) is 4.90 Å². The number of amides is 1. The highest BCUT2D eigenvalue weighted by Gasteiger charge is 2.36. The topological polar surface area (TPSA) is 45.7 Å². The zero-order valence-corrected chi connectivity index (χ0v) is 16.5. The Kier molecular flexibility index (Phi) is 5.46. The van der Waals surface area contributed by atoms with Gasteiger partial charge in [0.15, 0.2) is 0 Å². The second-order valence-corrected chi connectivity index (χ2v) is 8.21. The lowest BCUT2D eigenvalue weighted by atomic mass is 10.1. The van der Waals surface area contributed by atoms with Crippen molar-refractivity contribution >= 4 is 39.4 Å². The predicted octanol–water partition coefficient (Wildman–Crippen LogP) is 4.33. The van der Waals surface area contributed by atoms with E-state index in [1.807, 2.05) is 40.7 Å². The standard InChI is InChI=1S/C16H23BrClN3O2/c1-10-8-20(14-7-12(18)6-13(17)19-14)9-11(2)21(10)15(22)23-16(3,4)5/h6-7,10-11H,8-9H2,1-5H3/t10-,11+. The van der Waals surface area contributed by atoms with E-state index in [-0.39, 0.29) is 18.2 Å². The molecule has 0 aromatic carbocycles. The van der Waals surface area contributed by atoms with E-state index in [2.05, 4.69) is 25.8 Å². The van der Waals surface area contributed by atoms with E-state index in [1.54, 1.807) is 11.0 Å². The van der Waals surface area contributed by atoms with Gasteiger partial charge in [-0.15, -0.1) is 0 Å². The van der Waals surface area contributed by atoms with Crippen LogP contribution in [-0.2, 0) is 4.74 Å². The van der Waals surface area contributed by atoms with Crippen LogP contribution in [0.3, 0.4) is 0 Å². The van der Waals surface area contributed by atoms with Gasteiger partial charge in [0, 0.05) is 18.1 Å². The molecule has 23 heavy (non-hydrogen) atoms. The Bertz CT molecular complexity index is 559. The fourth-order valence-corrected chi connectivity index (χ4v) is 3.56. The molecule has 0 aliphatic carbocycles. The molecule has 128 valence electrons. The van der Waals surface area contributed by atoms with Gasteiger partial charge in [0.05, 0.1) is 12.1 Å². The Labute approximate surface area is 151 Å². The summed E-state index contributed by atoms with van der Waals surface area (Å²) in [6.45, 7) is 11.0. The fraction of sp³-hybridized carbons (Fsp3) is 0.625. The summed E-state index contributed by atoms with van der Waals surface area (Å²) in [6, 6.07) is 3.64.